The number of carboxylic acids is 1. The van der Waals surface area contributed by atoms with Crippen LogP contribution in [0.5, 0.6) is 0 Å². The van der Waals surface area contributed by atoms with Crippen LogP contribution in [0.2, 0.25) is 0 Å². The number of carbonyl (C=O) groups excluding carboxylic acids is 5. The van der Waals surface area contributed by atoms with E-state index in [1.807, 2.05) is 0 Å². The summed E-state index contributed by atoms with van der Waals surface area (Å²) in [6.45, 7) is 8.32. The Kier molecular flexibility index (Phi) is 35.6. The number of amides is 5. The molecule has 0 spiro atoms. The zero-order valence-electron chi connectivity index (χ0n) is 34.3. The van der Waals surface area contributed by atoms with Crippen molar-refractivity contribution in [3.05, 3.63) is 0 Å². The van der Waals surface area contributed by atoms with Crippen molar-refractivity contribution in [3.8, 4) is 0 Å². The molecule has 0 aliphatic carbocycles. The van der Waals surface area contributed by atoms with Gasteiger partial charge in [0.25, 0.3) is 0 Å². The number of hydrogen-bond donors (Lipinski definition) is 7. The van der Waals surface area contributed by atoms with E-state index in [1.165, 1.54) is 72.1 Å². The van der Waals surface area contributed by atoms with Crippen molar-refractivity contribution in [2.75, 3.05) is 71.7 Å². The molecule has 16 nitrogen and oxygen atoms in total. The molecule has 3 atom stereocenters. The van der Waals surface area contributed by atoms with Crippen molar-refractivity contribution in [1.29, 1.82) is 0 Å². The van der Waals surface area contributed by atoms with Gasteiger partial charge in [0.1, 0.15) is 24.7 Å². The van der Waals surface area contributed by atoms with Crippen LogP contribution in [0.15, 0.2) is 0 Å². The molecule has 0 unspecified atom stereocenters. The van der Waals surface area contributed by atoms with E-state index in [0.29, 0.717) is 78.2 Å². The van der Waals surface area contributed by atoms with Crippen molar-refractivity contribution in [1.82, 2.24) is 26.6 Å². The van der Waals surface area contributed by atoms with E-state index < -0.39 is 35.9 Å². The molecule has 0 heterocycles. The summed E-state index contributed by atoms with van der Waals surface area (Å²) in [7, 11) is 0. The Bertz CT molecular complexity index is 1070. The van der Waals surface area contributed by atoms with Crippen LogP contribution < -0.4 is 26.6 Å². The predicted octanol–water partition coefficient (Wildman–Crippen LogP) is 3.06. The lowest BCUT2D eigenvalue weighted by atomic mass is 10.1. The first kappa shape index (κ1) is 53.0. The molecule has 0 rings (SSSR count). The predicted molar refractivity (Wildman–Crippen MR) is 217 cm³/mol. The van der Waals surface area contributed by atoms with Gasteiger partial charge < -0.3 is 50.6 Å². The summed E-state index contributed by atoms with van der Waals surface area (Å²) in [6.07, 6.45) is 14.8. The van der Waals surface area contributed by atoms with E-state index >= 15 is 0 Å². The third-order valence-electron chi connectivity index (χ3n) is 8.63. The summed E-state index contributed by atoms with van der Waals surface area (Å²) in [6, 6.07) is -3.08. The summed E-state index contributed by atoms with van der Waals surface area (Å²) in [4.78, 5) is 72.1. The Hall–Kier alpha value is -2.99. The molecule has 0 aromatic rings. The highest BCUT2D eigenvalue weighted by molar-refractivity contribution is 7.80. The number of carbonyl (C=O) groups is 6. The molecule has 56 heavy (non-hydrogen) atoms. The zero-order chi connectivity index (χ0) is 41.7. The van der Waals surface area contributed by atoms with Crippen LogP contribution in [-0.2, 0) is 47.7 Å². The fraction of sp³-hybridized carbons (Fsp3) is 0.846. The number of thiol groups is 1. The molecule has 0 aromatic carbocycles. The second kappa shape index (κ2) is 37.6. The molecule has 0 aliphatic heterocycles. The molecule has 0 saturated carbocycles. The lowest BCUT2D eigenvalue weighted by Crippen LogP contribution is -2.54. The van der Waals surface area contributed by atoms with Crippen LogP contribution in [0, 0.1) is 0 Å². The molecule has 0 saturated heterocycles. The van der Waals surface area contributed by atoms with Crippen molar-refractivity contribution < 1.29 is 52.8 Å². The number of unbranched alkanes of at least 4 members (excludes halogenated alkanes) is 11. The summed E-state index contributed by atoms with van der Waals surface area (Å²) >= 11 is 4.24. The zero-order valence-corrected chi connectivity index (χ0v) is 35.2. The van der Waals surface area contributed by atoms with Gasteiger partial charge in [-0.3, -0.25) is 28.8 Å². The average molecular weight is 820 g/mol. The number of ether oxygens (including phenoxy) is 4. The Morgan fingerprint density at radius 1 is 0.536 bits per heavy atom. The number of nitrogens with one attached hydrogen (secondary N) is 5. The molecule has 0 bridgehead atoms. The van der Waals surface area contributed by atoms with Crippen LogP contribution >= 0.6 is 12.6 Å². The largest absolute Gasteiger partial charge is 0.480 e. The van der Waals surface area contributed by atoms with Gasteiger partial charge in [-0.1, -0.05) is 51.4 Å². The molecule has 0 radical (unpaired) electrons. The number of hydrogen-bond acceptors (Lipinski definition) is 11. The molecular formula is C39H73N5O11S. The number of carboxylic acid groups (broad SMARTS) is 1. The molecule has 5 amide bonds. The molecule has 326 valence electrons. The SMILES string of the molecule is CC(=O)NCCCC[C@H](NC(=O)CCCCCNC(=O)COCCOCCOCCOCCCCCCCCCCCS)C(=O)N[C@H](C)C(=O)N[C@H](C)C(=O)O. The van der Waals surface area contributed by atoms with E-state index in [9.17, 15) is 28.8 Å². The highest BCUT2D eigenvalue weighted by Crippen LogP contribution is 2.10. The maximum absolute atomic E-state index is 13.0. The first-order valence-corrected chi connectivity index (χ1v) is 21.2. The van der Waals surface area contributed by atoms with Crippen molar-refractivity contribution in [3.63, 3.8) is 0 Å². The van der Waals surface area contributed by atoms with Crippen molar-refractivity contribution in [2.24, 2.45) is 0 Å². The van der Waals surface area contributed by atoms with Gasteiger partial charge in [0.2, 0.25) is 29.5 Å². The van der Waals surface area contributed by atoms with Crippen LogP contribution in [0.1, 0.15) is 124 Å². The normalized spacial score (nSPS) is 12.6. The van der Waals surface area contributed by atoms with E-state index in [0.717, 1.165) is 18.8 Å². The van der Waals surface area contributed by atoms with Gasteiger partial charge >= 0.3 is 5.97 Å². The highest BCUT2D eigenvalue weighted by atomic mass is 32.1. The van der Waals surface area contributed by atoms with Gasteiger partial charge in [0, 0.05) is 33.0 Å². The van der Waals surface area contributed by atoms with E-state index in [2.05, 4.69) is 39.2 Å². The first-order valence-electron chi connectivity index (χ1n) is 20.5. The van der Waals surface area contributed by atoms with E-state index in [1.54, 1.807) is 0 Å². The van der Waals surface area contributed by atoms with Gasteiger partial charge in [-0.15, -0.1) is 0 Å². The third-order valence-corrected chi connectivity index (χ3v) is 8.94. The molecule has 0 fully saturated rings. The number of rotatable bonds is 39. The van der Waals surface area contributed by atoms with Crippen molar-refractivity contribution >= 4 is 48.1 Å². The van der Waals surface area contributed by atoms with Crippen LogP contribution in [0.3, 0.4) is 0 Å². The Morgan fingerprint density at radius 3 is 1.62 bits per heavy atom. The smallest absolute Gasteiger partial charge is 0.325 e. The first-order chi connectivity index (χ1) is 27.0. The second-order valence-electron chi connectivity index (χ2n) is 13.9. The molecule has 0 aromatic heterocycles. The van der Waals surface area contributed by atoms with Crippen LogP contribution in [0.25, 0.3) is 0 Å². The minimum Gasteiger partial charge on any atom is -0.480 e. The summed E-state index contributed by atoms with van der Waals surface area (Å²) in [5.74, 6) is -2.20. The Balaban J connectivity index is 3.96. The van der Waals surface area contributed by atoms with Gasteiger partial charge in [-0.25, -0.2) is 0 Å². The average Bonchev–Trinajstić information content (AvgIpc) is 3.15. The minimum absolute atomic E-state index is 0.0799. The molecular weight excluding hydrogens is 747 g/mol. The molecule has 0 aliphatic rings. The fourth-order valence-corrected chi connectivity index (χ4v) is 5.52. The maximum atomic E-state index is 13.0. The van der Waals surface area contributed by atoms with Gasteiger partial charge in [0.05, 0.1) is 39.6 Å². The van der Waals surface area contributed by atoms with Gasteiger partial charge in [-0.2, -0.15) is 12.6 Å². The number of aliphatic carboxylic acids is 1. The lowest BCUT2D eigenvalue weighted by Gasteiger charge is -2.22. The monoisotopic (exact) mass is 820 g/mol. The van der Waals surface area contributed by atoms with Gasteiger partial charge in [0.15, 0.2) is 0 Å². The quantitative estimate of drug-likeness (QED) is 0.0353. The summed E-state index contributed by atoms with van der Waals surface area (Å²) in [5, 5.41) is 22.0. The van der Waals surface area contributed by atoms with E-state index in [-0.39, 0.29) is 43.8 Å². The standard InChI is InChI=1S/C39H73N5O11S/c1-31(37(48)43-32(2)39(50)51)42-38(49)34(18-13-15-20-40-33(3)45)44-35(46)19-12-11-14-21-41-36(47)30-55-28-27-54-26-25-53-24-23-52-22-16-9-7-5-4-6-8-10-17-29-56/h31-32,34,56H,4-30H2,1-3H3,(H,40,45)(H,41,47)(H,42,49)(H,43,48)(H,44,46)(H,50,51)/t31-,32-,34+/m1/s1. The molecule has 6 N–H and O–H groups in total. The van der Waals surface area contributed by atoms with Crippen LogP contribution in [-0.4, -0.2) is 130 Å². The topological polar surface area (TPSA) is 220 Å². The second-order valence-corrected chi connectivity index (χ2v) is 14.3. The Morgan fingerprint density at radius 2 is 1.04 bits per heavy atom. The lowest BCUT2D eigenvalue weighted by molar-refractivity contribution is -0.141. The third kappa shape index (κ3) is 34.3. The molecule has 17 heteroatoms. The van der Waals surface area contributed by atoms with E-state index in [4.69, 9.17) is 24.1 Å². The highest BCUT2D eigenvalue weighted by Gasteiger charge is 2.25. The fourth-order valence-electron chi connectivity index (χ4n) is 5.30. The summed E-state index contributed by atoms with van der Waals surface area (Å²) < 4.78 is 22.0. The maximum Gasteiger partial charge on any atom is 0.325 e. The van der Waals surface area contributed by atoms with Crippen molar-refractivity contribution in [2.45, 2.75) is 142 Å². The summed E-state index contributed by atoms with van der Waals surface area (Å²) in [5.41, 5.74) is 0. The van der Waals surface area contributed by atoms with Crippen LogP contribution in [0.4, 0.5) is 0 Å². The minimum atomic E-state index is -1.21. The van der Waals surface area contributed by atoms with Gasteiger partial charge in [-0.05, 0) is 64.5 Å². The Labute approximate surface area is 340 Å².